The molecule has 0 aliphatic heterocycles. The second-order valence-electron chi connectivity index (χ2n) is 4.19. The molecule has 0 heterocycles. The molecule has 0 aliphatic carbocycles. The third-order valence-electron chi connectivity index (χ3n) is 2.81. The van der Waals surface area contributed by atoms with Gasteiger partial charge in [-0.15, -0.1) is 0 Å². The highest BCUT2D eigenvalue weighted by atomic mass is 31.2. The molecule has 0 spiro atoms. The Balaban J connectivity index is 2.27. The van der Waals surface area contributed by atoms with Crippen molar-refractivity contribution in [2.75, 3.05) is 6.61 Å². The molecule has 0 aromatic heterocycles. The van der Waals surface area contributed by atoms with Crippen LogP contribution in [0.4, 0.5) is 0 Å². The molecule has 3 heteroatoms. The van der Waals surface area contributed by atoms with Crippen molar-refractivity contribution in [2.24, 2.45) is 0 Å². The standard InChI is InChI=1S/C15H17BOP/c1-2-17-18(16,15-11-7-4-8-12-15)13-14-9-5-3-6-10-14/h3-12H,2,13H2,1H3/q+1. The Morgan fingerprint density at radius 3 is 2.06 bits per heavy atom. The van der Waals surface area contributed by atoms with Crippen molar-refractivity contribution < 1.29 is 4.52 Å². The fraction of sp³-hybridized carbons (Fsp3) is 0.200. The zero-order chi connectivity index (χ0) is 12.8. The molecule has 2 aromatic rings. The van der Waals surface area contributed by atoms with Gasteiger partial charge in [-0.1, -0.05) is 48.5 Å². The molecule has 2 rings (SSSR count). The zero-order valence-corrected chi connectivity index (χ0v) is 11.5. The van der Waals surface area contributed by atoms with E-state index in [2.05, 4.69) is 24.3 Å². The number of benzene rings is 2. The topological polar surface area (TPSA) is 9.23 Å². The summed E-state index contributed by atoms with van der Waals surface area (Å²) in [6.07, 6.45) is 0.783. The van der Waals surface area contributed by atoms with Crippen LogP contribution in [0.3, 0.4) is 0 Å². The Morgan fingerprint density at radius 2 is 1.50 bits per heavy atom. The number of rotatable bonds is 5. The summed E-state index contributed by atoms with van der Waals surface area (Å²) in [5, 5.41) is 1.12. The Hall–Kier alpha value is -1.11. The fourth-order valence-corrected chi connectivity index (χ4v) is 4.29. The first-order valence-corrected chi connectivity index (χ1v) is 8.11. The maximum atomic E-state index is 6.55. The van der Waals surface area contributed by atoms with Gasteiger partial charge >= 0.3 is 7.57 Å². The predicted octanol–water partition coefficient (Wildman–Crippen LogP) is 3.56. The highest BCUT2D eigenvalue weighted by molar-refractivity contribution is 7.98. The van der Waals surface area contributed by atoms with Crippen LogP contribution in [0, 0.1) is 0 Å². The van der Waals surface area contributed by atoms with E-state index in [4.69, 9.17) is 12.1 Å². The van der Waals surface area contributed by atoms with Crippen molar-refractivity contribution in [3.05, 3.63) is 66.2 Å². The lowest BCUT2D eigenvalue weighted by molar-refractivity contribution is 0.378. The maximum Gasteiger partial charge on any atom is 0.408 e. The third kappa shape index (κ3) is 3.22. The Bertz CT molecular complexity index is 474. The van der Waals surface area contributed by atoms with Gasteiger partial charge in [0, 0.05) is 0 Å². The number of hydrogen-bond donors (Lipinski definition) is 0. The van der Waals surface area contributed by atoms with Gasteiger partial charge < -0.3 is 0 Å². The van der Waals surface area contributed by atoms with Crippen LogP contribution in [0.25, 0.3) is 0 Å². The van der Waals surface area contributed by atoms with Crippen molar-refractivity contribution in [3.63, 3.8) is 0 Å². The lowest BCUT2D eigenvalue weighted by Crippen LogP contribution is -2.16. The monoisotopic (exact) mass is 255 g/mol. The molecule has 1 nitrogen and oxygen atoms in total. The van der Waals surface area contributed by atoms with Gasteiger partial charge in [0.15, 0.2) is 0 Å². The lowest BCUT2D eigenvalue weighted by Gasteiger charge is -2.21. The highest BCUT2D eigenvalue weighted by Gasteiger charge is 2.36. The van der Waals surface area contributed by atoms with Crippen molar-refractivity contribution in [1.29, 1.82) is 0 Å². The van der Waals surface area contributed by atoms with Crippen LogP contribution in [0.5, 0.6) is 0 Å². The molecular weight excluding hydrogens is 238 g/mol. The van der Waals surface area contributed by atoms with Crippen LogP contribution in [0.1, 0.15) is 12.5 Å². The van der Waals surface area contributed by atoms with Crippen molar-refractivity contribution in [3.8, 4) is 0 Å². The van der Waals surface area contributed by atoms with Gasteiger partial charge in [0.05, 0.1) is 12.8 Å². The van der Waals surface area contributed by atoms with E-state index in [-0.39, 0.29) is 0 Å². The van der Waals surface area contributed by atoms with E-state index in [9.17, 15) is 0 Å². The predicted molar refractivity (Wildman–Crippen MR) is 80.5 cm³/mol. The summed E-state index contributed by atoms with van der Waals surface area (Å²) in [6.45, 7) is 2.64. The zero-order valence-electron chi connectivity index (χ0n) is 10.6. The first-order chi connectivity index (χ1) is 8.74. The second-order valence-corrected chi connectivity index (χ2v) is 6.87. The molecule has 1 atom stereocenters. The maximum absolute atomic E-state index is 6.55. The molecule has 0 saturated heterocycles. The SMILES string of the molecule is [B][P+](Cc1ccccc1)(OCC)c1ccccc1. The fourth-order valence-electron chi connectivity index (χ4n) is 1.98. The summed E-state index contributed by atoms with van der Waals surface area (Å²) in [5.41, 5.74) is 1.23. The lowest BCUT2D eigenvalue weighted by atomic mass is 10.2. The van der Waals surface area contributed by atoms with E-state index in [1.54, 1.807) is 0 Å². The molecule has 18 heavy (non-hydrogen) atoms. The second kappa shape index (κ2) is 6.18. The first-order valence-electron chi connectivity index (χ1n) is 6.15. The summed E-state index contributed by atoms with van der Waals surface area (Å²) < 4.78 is 5.91. The van der Waals surface area contributed by atoms with Crippen LogP contribution in [-0.4, -0.2) is 14.2 Å². The molecule has 0 amide bonds. The van der Waals surface area contributed by atoms with E-state index in [0.717, 1.165) is 11.5 Å². The van der Waals surface area contributed by atoms with Crippen LogP contribution in [0.15, 0.2) is 60.7 Å². The summed E-state index contributed by atoms with van der Waals surface area (Å²) in [7, 11) is 4.51. The number of hydrogen-bond acceptors (Lipinski definition) is 1. The molecule has 0 saturated carbocycles. The minimum absolute atomic E-state index is 0.645. The Morgan fingerprint density at radius 1 is 0.944 bits per heavy atom. The summed E-state index contributed by atoms with van der Waals surface area (Å²) >= 11 is 0. The summed E-state index contributed by atoms with van der Waals surface area (Å²) in [6, 6.07) is 20.5. The van der Waals surface area contributed by atoms with Crippen LogP contribution < -0.4 is 5.30 Å². The van der Waals surface area contributed by atoms with Crippen LogP contribution >= 0.6 is 7.37 Å². The molecule has 90 valence electrons. The normalized spacial score (nSPS) is 14.1. The molecular formula is C15H17BOP+. The minimum atomic E-state index is -2.04. The molecule has 1 unspecified atom stereocenters. The van der Waals surface area contributed by atoms with Crippen LogP contribution in [0.2, 0.25) is 0 Å². The summed E-state index contributed by atoms with van der Waals surface area (Å²) in [4.78, 5) is 0. The Kier molecular flexibility index (Phi) is 4.57. The molecule has 2 aromatic carbocycles. The molecule has 2 radical (unpaired) electrons. The van der Waals surface area contributed by atoms with Gasteiger partial charge in [0.1, 0.15) is 12.7 Å². The molecule has 0 bridgehead atoms. The quantitative estimate of drug-likeness (QED) is 0.586. The van der Waals surface area contributed by atoms with Gasteiger partial charge in [0.25, 0.3) is 0 Å². The van der Waals surface area contributed by atoms with Gasteiger partial charge in [-0.2, -0.15) is 0 Å². The highest BCUT2D eigenvalue weighted by Crippen LogP contribution is 2.56. The third-order valence-corrected chi connectivity index (χ3v) is 5.54. The van der Waals surface area contributed by atoms with Crippen LogP contribution in [-0.2, 0) is 10.7 Å². The van der Waals surface area contributed by atoms with Gasteiger partial charge in [-0.05, 0) is 24.6 Å². The largest absolute Gasteiger partial charge is 0.408 e. The van der Waals surface area contributed by atoms with E-state index in [1.165, 1.54) is 5.56 Å². The van der Waals surface area contributed by atoms with Crippen molar-refractivity contribution in [2.45, 2.75) is 13.1 Å². The van der Waals surface area contributed by atoms with E-state index >= 15 is 0 Å². The average molecular weight is 255 g/mol. The molecule has 0 fully saturated rings. The minimum Gasteiger partial charge on any atom is -0.252 e. The Labute approximate surface area is 111 Å². The van der Waals surface area contributed by atoms with E-state index in [0.29, 0.717) is 6.61 Å². The van der Waals surface area contributed by atoms with Gasteiger partial charge in [0.2, 0.25) is 0 Å². The van der Waals surface area contributed by atoms with E-state index < -0.39 is 7.37 Å². The summed E-state index contributed by atoms with van der Waals surface area (Å²) in [5.74, 6) is 0. The molecule has 0 aliphatic rings. The molecule has 0 N–H and O–H groups in total. The van der Waals surface area contributed by atoms with E-state index in [1.807, 2.05) is 43.3 Å². The van der Waals surface area contributed by atoms with Gasteiger partial charge in [-0.25, -0.2) is 0 Å². The average Bonchev–Trinajstić information content (AvgIpc) is 2.41. The first kappa shape index (κ1) is 13.3. The smallest absolute Gasteiger partial charge is 0.252 e. The van der Waals surface area contributed by atoms with Crippen molar-refractivity contribution in [1.82, 2.24) is 0 Å². The van der Waals surface area contributed by atoms with Gasteiger partial charge in [-0.3, -0.25) is 4.52 Å². The van der Waals surface area contributed by atoms with Crippen molar-refractivity contribution >= 4 is 20.2 Å².